The maximum atomic E-state index is 5.04. The highest BCUT2D eigenvalue weighted by molar-refractivity contribution is 5.24. The van der Waals surface area contributed by atoms with Crippen molar-refractivity contribution in [2.75, 3.05) is 13.7 Å². The second-order valence-corrected chi connectivity index (χ2v) is 1.91. The quantitative estimate of drug-likeness (QED) is 0.424. The molecule has 0 saturated carbocycles. The van der Waals surface area contributed by atoms with Gasteiger partial charge in [0.05, 0.1) is 6.61 Å². The molecular weight excluding hydrogens is 124 g/mol. The van der Waals surface area contributed by atoms with Crippen molar-refractivity contribution in [3.05, 3.63) is 23.8 Å². The Morgan fingerprint density at radius 2 is 2.40 bits per heavy atom. The molecule has 0 bridgehead atoms. The van der Waals surface area contributed by atoms with Crippen LogP contribution in [0.4, 0.5) is 0 Å². The average Bonchev–Trinajstić information content (AvgIpc) is 1.89. The lowest BCUT2D eigenvalue weighted by Gasteiger charge is -1.88. The summed E-state index contributed by atoms with van der Waals surface area (Å²) in [5.74, 6) is 2.44. The van der Waals surface area contributed by atoms with E-state index in [-0.39, 0.29) is 0 Å². The zero-order valence-corrected chi connectivity index (χ0v) is 6.42. The van der Waals surface area contributed by atoms with Crippen LogP contribution in [-0.2, 0) is 4.74 Å². The Bertz CT molecular complexity index is 170. The first-order chi connectivity index (χ1) is 4.81. The van der Waals surface area contributed by atoms with Crippen LogP contribution in [-0.4, -0.2) is 13.7 Å². The van der Waals surface area contributed by atoms with Gasteiger partial charge < -0.3 is 4.74 Å². The predicted octanol–water partition coefficient (Wildman–Crippen LogP) is 1.77. The molecule has 0 spiro atoms. The Kier molecular flexibility index (Phi) is 5.51. The van der Waals surface area contributed by atoms with E-state index < -0.39 is 0 Å². The second kappa shape index (κ2) is 6.12. The minimum atomic E-state index is 0.635. The van der Waals surface area contributed by atoms with Crippen LogP contribution in [0, 0.1) is 12.3 Å². The Morgan fingerprint density at radius 3 is 2.90 bits per heavy atom. The van der Waals surface area contributed by atoms with Gasteiger partial charge in [-0.05, 0) is 18.6 Å². The number of methoxy groups -OCH3 is 1. The van der Waals surface area contributed by atoms with Crippen LogP contribution in [0.15, 0.2) is 23.8 Å². The molecule has 0 fully saturated rings. The van der Waals surface area contributed by atoms with Crippen molar-refractivity contribution in [2.24, 2.45) is 0 Å². The molecule has 0 amide bonds. The van der Waals surface area contributed by atoms with Crippen LogP contribution < -0.4 is 0 Å². The van der Waals surface area contributed by atoms with Crippen molar-refractivity contribution in [2.45, 2.75) is 6.92 Å². The molecule has 1 nitrogen and oxygen atoms in total. The van der Waals surface area contributed by atoms with Crippen molar-refractivity contribution in [3.8, 4) is 12.3 Å². The number of ether oxygens (including phenoxy) is 1. The Hall–Kier alpha value is -1.00. The topological polar surface area (TPSA) is 9.23 Å². The molecule has 0 aliphatic carbocycles. The molecule has 0 aliphatic heterocycles. The van der Waals surface area contributed by atoms with Gasteiger partial charge in [-0.15, -0.1) is 6.42 Å². The van der Waals surface area contributed by atoms with Crippen molar-refractivity contribution in [1.82, 2.24) is 0 Å². The minimum absolute atomic E-state index is 0.635. The molecule has 0 unspecified atom stereocenters. The Labute approximate surface area is 62.4 Å². The summed E-state index contributed by atoms with van der Waals surface area (Å²) < 4.78 is 4.80. The molecule has 0 heterocycles. The third kappa shape index (κ3) is 5.14. The number of hydrogen-bond donors (Lipinski definition) is 0. The lowest BCUT2D eigenvalue weighted by Crippen LogP contribution is -1.80. The van der Waals surface area contributed by atoms with Crippen LogP contribution in [0.1, 0.15) is 6.92 Å². The standard InChI is InChI=1S/C9H12O/c1-4-6-9(2)7-5-8-10-3/h1,5-7H,8H2,2-3H3/b7-5-,9-6-. The molecule has 0 N–H and O–H groups in total. The van der Waals surface area contributed by atoms with E-state index in [1.807, 2.05) is 19.1 Å². The van der Waals surface area contributed by atoms with Crippen LogP contribution in [0.3, 0.4) is 0 Å². The van der Waals surface area contributed by atoms with Gasteiger partial charge in [0, 0.05) is 7.11 Å². The summed E-state index contributed by atoms with van der Waals surface area (Å²) in [6, 6.07) is 0. The fraction of sp³-hybridized carbons (Fsp3) is 0.333. The molecule has 1 heteroatoms. The van der Waals surface area contributed by atoms with E-state index in [2.05, 4.69) is 5.92 Å². The summed E-state index contributed by atoms with van der Waals surface area (Å²) in [5.41, 5.74) is 1.07. The van der Waals surface area contributed by atoms with Crippen LogP contribution in [0.25, 0.3) is 0 Å². The number of allylic oxidation sites excluding steroid dienone is 3. The molecule has 0 aromatic rings. The summed E-state index contributed by atoms with van der Waals surface area (Å²) in [6.07, 6.45) is 10.6. The number of terminal acetylenes is 1. The first-order valence-electron chi connectivity index (χ1n) is 3.09. The summed E-state index contributed by atoms with van der Waals surface area (Å²) in [6.45, 7) is 2.59. The van der Waals surface area contributed by atoms with Crippen molar-refractivity contribution < 1.29 is 4.74 Å². The van der Waals surface area contributed by atoms with Crippen LogP contribution in [0.5, 0.6) is 0 Å². The highest BCUT2D eigenvalue weighted by Crippen LogP contribution is 1.92. The fourth-order valence-electron chi connectivity index (χ4n) is 0.510. The van der Waals surface area contributed by atoms with Crippen molar-refractivity contribution in [1.29, 1.82) is 0 Å². The zero-order chi connectivity index (χ0) is 7.82. The zero-order valence-electron chi connectivity index (χ0n) is 6.42. The largest absolute Gasteiger partial charge is 0.381 e. The summed E-state index contributed by atoms with van der Waals surface area (Å²) in [7, 11) is 1.66. The van der Waals surface area contributed by atoms with E-state index in [4.69, 9.17) is 11.2 Å². The molecule has 0 aliphatic rings. The van der Waals surface area contributed by atoms with Gasteiger partial charge in [0.1, 0.15) is 0 Å². The van der Waals surface area contributed by atoms with E-state index >= 15 is 0 Å². The van der Waals surface area contributed by atoms with Gasteiger partial charge in [-0.3, -0.25) is 0 Å². The monoisotopic (exact) mass is 136 g/mol. The predicted molar refractivity (Wildman–Crippen MR) is 43.6 cm³/mol. The van der Waals surface area contributed by atoms with Gasteiger partial charge in [0.15, 0.2) is 0 Å². The molecule has 0 aromatic carbocycles. The van der Waals surface area contributed by atoms with Gasteiger partial charge in [-0.25, -0.2) is 0 Å². The molecule has 0 saturated heterocycles. The minimum Gasteiger partial charge on any atom is -0.381 e. The maximum Gasteiger partial charge on any atom is 0.0646 e. The smallest absolute Gasteiger partial charge is 0.0646 e. The molecule has 54 valence electrons. The highest BCUT2D eigenvalue weighted by atomic mass is 16.5. The summed E-state index contributed by atoms with van der Waals surface area (Å²) in [4.78, 5) is 0. The Morgan fingerprint density at radius 1 is 1.70 bits per heavy atom. The molecule has 0 aromatic heterocycles. The Balaban J connectivity index is 3.68. The average molecular weight is 136 g/mol. The lowest BCUT2D eigenvalue weighted by molar-refractivity contribution is 0.234. The first kappa shape index (κ1) is 9.00. The van der Waals surface area contributed by atoms with Gasteiger partial charge in [0.25, 0.3) is 0 Å². The van der Waals surface area contributed by atoms with Crippen molar-refractivity contribution >= 4 is 0 Å². The summed E-state index contributed by atoms with van der Waals surface area (Å²) >= 11 is 0. The molecular formula is C9H12O. The van der Waals surface area contributed by atoms with Crippen LogP contribution in [0.2, 0.25) is 0 Å². The normalized spacial score (nSPS) is 11.9. The van der Waals surface area contributed by atoms with E-state index in [1.54, 1.807) is 13.2 Å². The van der Waals surface area contributed by atoms with Crippen molar-refractivity contribution in [3.63, 3.8) is 0 Å². The van der Waals surface area contributed by atoms with Gasteiger partial charge in [-0.2, -0.15) is 0 Å². The second-order valence-electron chi connectivity index (χ2n) is 1.91. The number of rotatable bonds is 3. The highest BCUT2D eigenvalue weighted by Gasteiger charge is 1.76. The van der Waals surface area contributed by atoms with Crippen LogP contribution >= 0.6 is 0 Å². The van der Waals surface area contributed by atoms with Gasteiger partial charge >= 0.3 is 0 Å². The third-order valence-electron chi connectivity index (χ3n) is 0.955. The summed E-state index contributed by atoms with van der Waals surface area (Å²) in [5, 5.41) is 0. The van der Waals surface area contributed by atoms with E-state index in [9.17, 15) is 0 Å². The molecule has 0 rings (SSSR count). The van der Waals surface area contributed by atoms with Gasteiger partial charge in [0.2, 0.25) is 0 Å². The fourth-order valence-corrected chi connectivity index (χ4v) is 0.510. The number of hydrogen-bond acceptors (Lipinski definition) is 1. The SMILES string of the molecule is C#C/C=C(C)\C=C/COC. The molecule has 0 atom stereocenters. The molecule has 0 radical (unpaired) electrons. The van der Waals surface area contributed by atoms with E-state index in [0.717, 1.165) is 5.57 Å². The van der Waals surface area contributed by atoms with E-state index in [1.165, 1.54) is 0 Å². The van der Waals surface area contributed by atoms with E-state index in [0.29, 0.717) is 6.61 Å². The van der Waals surface area contributed by atoms with Gasteiger partial charge in [-0.1, -0.05) is 18.1 Å². The maximum absolute atomic E-state index is 5.04. The third-order valence-corrected chi connectivity index (χ3v) is 0.955. The lowest BCUT2D eigenvalue weighted by atomic mass is 10.2. The molecule has 10 heavy (non-hydrogen) atoms. The first-order valence-corrected chi connectivity index (χ1v) is 3.09.